The molecule has 0 spiro atoms. The highest BCUT2D eigenvalue weighted by Gasteiger charge is 2.28. The third-order valence-corrected chi connectivity index (χ3v) is 3.70. The van der Waals surface area contributed by atoms with E-state index in [0.29, 0.717) is 13.1 Å². The van der Waals surface area contributed by atoms with Gasteiger partial charge < -0.3 is 14.9 Å². The van der Waals surface area contributed by atoms with Crippen LogP contribution in [-0.4, -0.2) is 48.1 Å². The van der Waals surface area contributed by atoms with Crippen LogP contribution in [0.3, 0.4) is 0 Å². The zero-order valence-electron chi connectivity index (χ0n) is 11.9. The minimum atomic E-state index is -1.06. The Balaban J connectivity index is 1.96. The van der Waals surface area contributed by atoms with Gasteiger partial charge in [0, 0.05) is 31.9 Å². The molecule has 0 aromatic heterocycles. The number of piperazine rings is 1. The number of aliphatic carboxylic acids is 1. The number of nitrogens with zero attached hydrogens (tertiary/aromatic N) is 2. The van der Waals surface area contributed by atoms with Gasteiger partial charge in [0.25, 0.3) is 0 Å². The van der Waals surface area contributed by atoms with Crippen molar-refractivity contribution >= 4 is 17.6 Å². The topological polar surface area (TPSA) is 60.9 Å². The maximum Gasteiger partial charge on any atom is 0.315 e. The molecule has 1 amide bonds. The number of aryl methyl sites for hydroxylation is 1. The van der Waals surface area contributed by atoms with Crippen LogP contribution < -0.4 is 4.90 Å². The van der Waals surface area contributed by atoms with Crippen LogP contribution >= 0.6 is 0 Å². The summed E-state index contributed by atoms with van der Waals surface area (Å²) < 4.78 is 0. The number of hydrogen-bond acceptors (Lipinski definition) is 3. The second kappa shape index (κ2) is 5.94. The number of carbonyl (C=O) groups excluding carboxylic acids is 1. The second-order valence-electron chi connectivity index (χ2n) is 5.21. The van der Waals surface area contributed by atoms with Crippen LogP contribution in [0.1, 0.15) is 12.5 Å². The van der Waals surface area contributed by atoms with E-state index >= 15 is 0 Å². The fourth-order valence-corrected chi connectivity index (χ4v) is 2.39. The summed E-state index contributed by atoms with van der Waals surface area (Å²) in [6.07, 6.45) is 0. The third-order valence-electron chi connectivity index (χ3n) is 3.70. The number of anilines is 1. The summed E-state index contributed by atoms with van der Waals surface area (Å²) in [6.45, 7) is 6.12. The first-order valence-corrected chi connectivity index (χ1v) is 6.82. The fraction of sp³-hybridized carbons (Fsp3) is 0.467. The van der Waals surface area contributed by atoms with Gasteiger partial charge in [-0.05, 0) is 31.5 Å². The molecule has 1 heterocycles. The molecule has 1 saturated heterocycles. The molecule has 1 N–H and O–H groups in total. The van der Waals surface area contributed by atoms with Crippen molar-refractivity contribution in [2.45, 2.75) is 13.8 Å². The summed E-state index contributed by atoms with van der Waals surface area (Å²) in [5.74, 6) is -2.31. The molecule has 1 fully saturated rings. The van der Waals surface area contributed by atoms with Gasteiger partial charge in [0.2, 0.25) is 5.91 Å². The van der Waals surface area contributed by atoms with Gasteiger partial charge in [-0.15, -0.1) is 0 Å². The molecule has 0 radical (unpaired) electrons. The number of amides is 1. The average molecular weight is 276 g/mol. The third kappa shape index (κ3) is 3.10. The maximum absolute atomic E-state index is 12.0. The van der Waals surface area contributed by atoms with E-state index in [9.17, 15) is 9.59 Å². The summed E-state index contributed by atoms with van der Waals surface area (Å²) in [5, 5.41) is 8.89. The van der Waals surface area contributed by atoms with Crippen molar-refractivity contribution in [2.75, 3.05) is 31.1 Å². The second-order valence-corrected chi connectivity index (χ2v) is 5.21. The van der Waals surface area contributed by atoms with Crippen LogP contribution in [0.2, 0.25) is 0 Å². The zero-order chi connectivity index (χ0) is 14.7. The molecular weight excluding hydrogens is 256 g/mol. The van der Waals surface area contributed by atoms with Crippen LogP contribution in [0.5, 0.6) is 0 Å². The van der Waals surface area contributed by atoms with Gasteiger partial charge in [0.15, 0.2) is 0 Å². The smallest absolute Gasteiger partial charge is 0.315 e. The van der Waals surface area contributed by atoms with Crippen molar-refractivity contribution in [2.24, 2.45) is 5.92 Å². The summed E-state index contributed by atoms with van der Waals surface area (Å²) >= 11 is 0. The lowest BCUT2D eigenvalue weighted by Crippen LogP contribution is -2.51. The number of rotatable bonds is 3. The first-order chi connectivity index (χ1) is 9.49. The van der Waals surface area contributed by atoms with Crippen LogP contribution in [0.15, 0.2) is 24.3 Å². The molecule has 5 heteroatoms. The fourth-order valence-electron chi connectivity index (χ4n) is 2.39. The van der Waals surface area contributed by atoms with Crippen molar-refractivity contribution in [3.63, 3.8) is 0 Å². The summed E-state index contributed by atoms with van der Waals surface area (Å²) in [4.78, 5) is 26.7. The predicted octanol–water partition coefficient (Wildman–Crippen LogP) is 1.36. The molecular formula is C15H20N2O3. The molecule has 5 nitrogen and oxygen atoms in total. The van der Waals surface area contributed by atoms with Crippen molar-refractivity contribution in [1.29, 1.82) is 0 Å². The van der Waals surface area contributed by atoms with Crippen LogP contribution in [0.4, 0.5) is 5.69 Å². The highest BCUT2D eigenvalue weighted by atomic mass is 16.4. The summed E-state index contributed by atoms with van der Waals surface area (Å²) in [6, 6.07) is 8.26. The van der Waals surface area contributed by atoms with E-state index in [4.69, 9.17) is 5.11 Å². The first-order valence-electron chi connectivity index (χ1n) is 6.82. The Morgan fingerprint density at radius 3 is 2.40 bits per heavy atom. The molecule has 0 saturated carbocycles. The minimum Gasteiger partial charge on any atom is -0.481 e. The number of carboxylic acid groups (broad SMARTS) is 1. The molecule has 1 aromatic rings. The Bertz CT molecular complexity index is 508. The van der Waals surface area contributed by atoms with Gasteiger partial charge in [0.1, 0.15) is 5.92 Å². The van der Waals surface area contributed by atoms with E-state index in [1.54, 1.807) is 4.90 Å². The standard InChI is InChI=1S/C15H20N2O3/c1-11-4-3-5-13(10-11)16-6-8-17(9-7-16)14(18)12(2)15(19)20/h3-5,10,12H,6-9H2,1-2H3,(H,19,20). The van der Waals surface area contributed by atoms with Gasteiger partial charge in [-0.1, -0.05) is 12.1 Å². The van der Waals surface area contributed by atoms with Gasteiger partial charge in [0.05, 0.1) is 0 Å². The van der Waals surface area contributed by atoms with Crippen molar-refractivity contribution < 1.29 is 14.7 Å². The van der Waals surface area contributed by atoms with Crippen LogP contribution in [-0.2, 0) is 9.59 Å². The van der Waals surface area contributed by atoms with E-state index in [1.807, 2.05) is 6.07 Å². The monoisotopic (exact) mass is 276 g/mol. The van der Waals surface area contributed by atoms with Gasteiger partial charge in [-0.3, -0.25) is 9.59 Å². The molecule has 1 unspecified atom stereocenters. The molecule has 1 atom stereocenters. The van der Waals surface area contributed by atoms with Gasteiger partial charge in [-0.25, -0.2) is 0 Å². The lowest BCUT2D eigenvalue weighted by molar-refractivity contribution is -0.150. The van der Waals surface area contributed by atoms with Crippen LogP contribution in [0.25, 0.3) is 0 Å². The van der Waals surface area contributed by atoms with E-state index in [1.165, 1.54) is 12.5 Å². The molecule has 1 aromatic carbocycles. The largest absolute Gasteiger partial charge is 0.481 e. The number of carboxylic acids is 1. The van der Waals surface area contributed by atoms with Crippen molar-refractivity contribution in [3.05, 3.63) is 29.8 Å². The van der Waals surface area contributed by atoms with E-state index < -0.39 is 11.9 Å². The first kappa shape index (κ1) is 14.4. The van der Waals surface area contributed by atoms with E-state index in [-0.39, 0.29) is 5.91 Å². The summed E-state index contributed by atoms with van der Waals surface area (Å²) in [7, 11) is 0. The molecule has 2 rings (SSSR count). The van der Waals surface area contributed by atoms with Gasteiger partial charge in [-0.2, -0.15) is 0 Å². The Kier molecular flexibility index (Phi) is 4.27. The van der Waals surface area contributed by atoms with Crippen LogP contribution in [0, 0.1) is 12.8 Å². The number of benzene rings is 1. The normalized spacial score (nSPS) is 16.9. The quantitative estimate of drug-likeness (QED) is 0.847. The molecule has 0 bridgehead atoms. The maximum atomic E-state index is 12.0. The Morgan fingerprint density at radius 1 is 1.20 bits per heavy atom. The Morgan fingerprint density at radius 2 is 1.85 bits per heavy atom. The molecule has 20 heavy (non-hydrogen) atoms. The highest BCUT2D eigenvalue weighted by molar-refractivity contribution is 5.96. The van der Waals surface area contributed by atoms with Crippen molar-refractivity contribution in [1.82, 2.24) is 4.90 Å². The highest BCUT2D eigenvalue weighted by Crippen LogP contribution is 2.18. The number of carbonyl (C=O) groups is 2. The Hall–Kier alpha value is -2.04. The van der Waals surface area contributed by atoms with Gasteiger partial charge >= 0.3 is 5.97 Å². The molecule has 1 aliphatic rings. The van der Waals surface area contributed by atoms with E-state index in [0.717, 1.165) is 18.8 Å². The van der Waals surface area contributed by atoms with Crippen molar-refractivity contribution in [3.8, 4) is 0 Å². The van der Waals surface area contributed by atoms with E-state index in [2.05, 4.69) is 30.0 Å². The molecule has 0 aliphatic carbocycles. The molecule has 1 aliphatic heterocycles. The Labute approximate surface area is 118 Å². The summed E-state index contributed by atoms with van der Waals surface area (Å²) in [5.41, 5.74) is 2.36. The lowest BCUT2D eigenvalue weighted by Gasteiger charge is -2.36. The lowest BCUT2D eigenvalue weighted by atomic mass is 10.1. The number of hydrogen-bond donors (Lipinski definition) is 1. The predicted molar refractivity (Wildman–Crippen MR) is 76.8 cm³/mol. The molecule has 108 valence electrons. The minimum absolute atomic E-state index is 0.290. The SMILES string of the molecule is Cc1cccc(N2CCN(C(=O)C(C)C(=O)O)CC2)c1. The average Bonchev–Trinajstić information content (AvgIpc) is 2.46. The zero-order valence-corrected chi connectivity index (χ0v) is 11.9.